The van der Waals surface area contributed by atoms with Crippen molar-refractivity contribution in [2.24, 2.45) is 0 Å². The fourth-order valence-electron chi connectivity index (χ4n) is 2.38. The van der Waals surface area contributed by atoms with Gasteiger partial charge in [-0.1, -0.05) is 30.3 Å². The maximum absolute atomic E-state index is 14.0. The van der Waals surface area contributed by atoms with E-state index in [0.717, 1.165) is 12.5 Å². The number of sulfone groups is 1. The molecule has 8 heteroatoms. The van der Waals surface area contributed by atoms with Crippen molar-refractivity contribution in [2.75, 3.05) is 0 Å². The molecule has 0 N–H and O–H groups in total. The van der Waals surface area contributed by atoms with E-state index in [1.165, 1.54) is 4.68 Å². The molecule has 1 aliphatic rings. The molecule has 1 aromatic heterocycles. The van der Waals surface area contributed by atoms with E-state index in [0.29, 0.717) is 0 Å². The van der Waals surface area contributed by atoms with Gasteiger partial charge in [-0.15, -0.1) is 5.10 Å². The lowest BCUT2D eigenvalue weighted by molar-refractivity contribution is 0.326. The van der Waals surface area contributed by atoms with Crippen molar-refractivity contribution in [3.8, 4) is 0 Å². The molecule has 2 heterocycles. The first-order chi connectivity index (χ1) is 9.91. The number of hydrogen-bond donors (Lipinski definition) is 0. The van der Waals surface area contributed by atoms with Gasteiger partial charge in [-0.05, 0) is 12.5 Å². The minimum atomic E-state index is -4.26. The number of nitrogens with zero attached hydrogens (tertiary/aromatic N) is 3. The average molecular weight is 313 g/mol. The fraction of sp³-hybridized carbons (Fsp3) is 0.385. The Morgan fingerprint density at radius 1 is 1.33 bits per heavy atom. The average Bonchev–Trinajstić information content (AvgIpc) is 3.01. The normalized spacial score (nSPS) is 23.0. The van der Waals surface area contributed by atoms with E-state index in [1.807, 2.05) is 6.07 Å². The molecule has 1 aromatic carbocycles. The van der Waals surface area contributed by atoms with Gasteiger partial charge in [-0.3, -0.25) is 0 Å². The van der Waals surface area contributed by atoms with Crippen LogP contribution in [-0.4, -0.2) is 28.7 Å². The van der Waals surface area contributed by atoms with Gasteiger partial charge in [0, 0.05) is 6.42 Å². The van der Waals surface area contributed by atoms with Crippen molar-refractivity contribution >= 4 is 9.84 Å². The molecule has 0 spiro atoms. The summed E-state index contributed by atoms with van der Waals surface area (Å²) in [7, 11) is -4.26. The van der Waals surface area contributed by atoms with Crippen LogP contribution in [0.1, 0.15) is 36.9 Å². The second kappa shape index (κ2) is 4.87. The van der Waals surface area contributed by atoms with Gasteiger partial charge in [0.25, 0.3) is 5.16 Å². The third-order valence-corrected chi connectivity index (χ3v) is 5.05. The highest BCUT2D eigenvalue weighted by atomic mass is 32.2. The fourth-order valence-corrected chi connectivity index (χ4v) is 3.09. The lowest BCUT2D eigenvalue weighted by Gasteiger charge is -2.11. The predicted molar refractivity (Wildman–Crippen MR) is 70.8 cm³/mol. The molecule has 1 aliphatic heterocycles. The Balaban J connectivity index is 2.07. The first-order valence-corrected chi connectivity index (χ1v) is 7.99. The van der Waals surface area contributed by atoms with Crippen LogP contribution in [0.2, 0.25) is 0 Å². The largest absolute Gasteiger partial charge is 0.270 e. The summed E-state index contributed by atoms with van der Waals surface area (Å²) in [5, 5.41) is 3.17. The van der Waals surface area contributed by atoms with E-state index in [9.17, 15) is 17.2 Å². The topological polar surface area (TPSA) is 64.8 Å². The number of fused-ring (bicyclic) bond motifs is 1. The van der Waals surface area contributed by atoms with Gasteiger partial charge >= 0.3 is 0 Å². The number of rotatable bonds is 3. The van der Waals surface area contributed by atoms with Gasteiger partial charge in [0.15, 0.2) is 12.0 Å². The Morgan fingerprint density at radius 3 is 2.62 bits per heavy atom. The van der Waals surface area contributed by atoms with Crippen LogP contribution in [0.15, 0.2) is 35.5 Å². The quantitative estimate of drug-likeness (QED) is 0.872. The number of aromatic nitrogens is 3. The molecule has 0 radical (unpaired) electrons. The third-order valence-electron chi connectivity index (χ3n) is 3.51. The monoisotopic (exact) mass is 313 g/mol. The van der Waals surface area contributed by atoms with Crippen LogP contribution in [0.5, 0.6) is 0 Å². The number of benzene rings is 1. The maximum Gasteiger partial charge on any atom is 0.270 e. The molecule has 0 fully saturated rings. The van der Waals surface area contributed by atoms with Crippen molar-refractivity contribution in [3.63, 3.8) is 0 Å². The Morgan fingerprint density at radius 2 is 2.00 bits per heavy atom. The Kier molecular flexibility index (Phi) is 3.27. The van der Waals surface area contributed by atoms with Gasteiger partial charge in [0.2, 0.25) is 15.3 Å². The van der Waals surface area contributed by atoms with E-state index in [4.69, 9.17) is 0 Å². The molecule has 3 atom stereocenters. The zero-order chi connectivity index (χ0) is 15.2. The lowest BCUT2D eigenvalue weighted by Crippen LogP contribution is -2.16. The number of alkyl halides is 2. The lowest BCUT2D eigenvalue weighted by atomic mass is 10.0. The standard InChI is InChI=1S/C13H13F2N3O2S/c1-8(14)21(19,20)13-16-12-10(15)7-11(18(12)17-13)9-5-3-2-4-6-9/h2-6,8,10-11H,7H2,1H3/t8-,10-,11-/m0/s1. The Labute approximate surface area is 120 Å². The van der Waals surface area contributed by atoms with Gasteiger partial charge in [0.05, 0.1) is 6.04 Å². The highest BCUT2D eigenvalue weighted by Gasteiger charge is 2.38. The first kappa shape index (κ1) is 14.1. The summed E-state index contributed by atoms with van der Waals surface area (Å²) in [4.78, 5) is 3.69. The van der Waals surface area contributed by atoms with Crippen molar-refractivity contribution in [3.05, 3.63) is 41.7 Å². The molecule has 0 bridgehead atoms. The summed E-state index contributed by atoms with van der Waals surface area (Å²) in [5.41, 5.74) is -1.32. The predicted octanol–water partition coefficient (Wildman–Crippen LogP) is 2.37. The highest BCUT2D eigenvalue weighted by molar-refractivity contribution is 7.91. The van der Waals surface area contributed by atoms with Gasteiger partial charge in [-0.2, -0.15) is 4.98 Å². The zero-order valence-electron chi connectivity index (χ0n) is 11.1. The third kappa shape index (κ3) is 2.23. The molecule has 0 saturated heterocycles. The molecule has 5 nitrogen and oxygen atoms in total. The SMILES string of the molecule is C[C@@H](F)S(=O)(=O)c1nc2n(n1)[C@H](c1ccccc1)C[C@@H]2F. The minimum absolute atomic E-state index is 0.0666. The van der Waals surface area contributed by atoms with Crippen LogP contribution < -0.4 is 0 Å². The van der Waals surface area contributed by atoms with Crippen LogP contribution in [0.25, 0.3) is 0 Å². The summed E-state index contributed by atoms with van der Waals surface area (Å²) in [6.07, 6.45) is -1.27. The molecular weight excluding hydrogens is 300 g/mol. The van der Waals surface area contributed by atoms with Crippen molar-refractivity contribution in [1.82, 2.24) is 14.8 Å². The van der Waals surface area contributed by atoms with Crippen LogP contribution in [0.4, 0.5) is 8.78 Å². The highest BCUT2D eigenvalue weighted by Crippen LogP contribution is 2.39. The van der Waals surface area contributed by atoms with Gasteiger partial charge < -0.3 is 0 Å². The van der Waals surface area contributed by atoms with E-state index in [-0.39, 0.29) is 12.2 Å². The molecular formula is C13H13F2N3O2S. The maximum atomic E-state index is 14.0. The summed E-state index contributed by atoms with van der Waals surface area (Å²) in [5.74, 6) is -0.0666. The Hall–Kier alpha value is -1.83. The first-order valence-electron chi connectivity index (χ1n) is 6.44. The second-order valence-electron chi connectivity index (χ2n) is 4.91. The minimum Gasteiger partial charge on any atom is -0.239 e. The van der Waals surface area contributed by atoms with Crippen LogP contribution >= 0.6 is 0 Å². The van der Waals surface area contributed by atoms with Crippen molar-refractivity contribution in [1.29, 1.82) is 0 Å². The van der Waals surface area contributed by atoms with E-state index >= 15 is 0 Å². The number of halogens is 2. The van der Waals surface area contributed by atoms with E-state index < -0.39 is 32.7 Å². The molecule has 21 heavy (non-hydrogen) atoms. The van der Waals surface area contributed by atoms with Crippen LogP contribution in [-0.2, 0) is 9.84 Å². The van der Waals surface area contributed by atoms with Crippen molar-refractivity contribution < 1.29 is 17.2 Å². The second-order valence-corrected chi connectivity index (χ2v) is 7.02. The van der Waals surface area contributed by atoms with E-state index in [2.05, 4.69) is 10.1 Å². The van der Waals surface area contributed by atoms with Crippen LogP contribution in [0.3, 0.4) is 0 Å². The summed E-state index contributed by atoms with van der Waals surface area (Å²) >= 11 is 0. The molecule has 3 rings (SSSR count). The zero-order valence-corrected chi connectivity index (χ0v) is 12.0. The van der Waals surface area contributed by atoms with Crippen LogP contribution in [0, 0.1) is 0 Å². The van der Waals surface area contributed by atoms with E-state index in [1.54, 1.807) is 24.3 Å². The molecule has 0 unspecified atom stereocenters. The summed E-state index contributed by atoms with van der Waals surface area (Å²) in [6, 6.07) is 8.62. The molecule has 112 valence electrons. The van der Waals surface area contributed by atoms with Gasteiger partial charge in [0.1, 0.15) is 0 Å². The molecule has 2 aromatic rings. The molecule has 0 amide bonds. The van der Waals surface area contributed by atoms with Crippen molar-refractivity contribution in [2.45, 2.75) is 36.2 Å². The summed E-state index contributed by atoms with van der Waals surface area (Å²) in [6.45, 7) is 0.892. The smallest absolute Gasteiger partial charge is 0.239 e. The van der Waals surface area contributed by atoms with Gasteiger partial charge in [-0.25, -0.2) is 21.9 Å². The molecule has 0 aliphatic carbocycles. The Bertz CT molecular complexity index is 759. The number of hydrogen-bond acceptors (Lipinski definition) is 4. The summed E-state index contributed by atoms with van der Waals surface area (Å²) < 4.78 is 52.0. The molecule has 0 saturated carbocycles.